The van der Waals surface area contributed by atoms with Crippen molar-refractivity contribution < 1.29 is 19.5 Å². The predicted octanol–water partition coefficient (Wildman–Crippen LogP) is 1.93. The minimum atomic E-state index is -2.21. The van der Waals surface area contributed by atoms with Gasteiger partial charge in [0.25, 0.3) is 17.5 Å². The normalized spacial score (nSPS) is 19.7. The summed E-state index contributed by atoms with van der Waals surface area (Å²) >= 11 is 0. The summed E-state index contributed by atoms with van der Waals surface area (Å²) in [5.74, 6) is -1.33. The van der Waals surface area contributed by atoms with E-state index < -0.39 is 17.4 Å². The molecule has 0 aliphatic carbocycles. The molecule has 0 saturated carbocycles. The molecule has 1 heterocycles. The van der Waals surface area contributed by atoms with Gasteiger partial charge >= 0.3 is 0 Å². The molecule has 0 aromatic heterocycles. The molecule has 2 N–H and O–H groups in total. The number of benzene rings is 2. The van der Waals surface area contributed by atoms with Crippen LogP contribution in [0, 0.1) is 0 Å². The maximum Gasteiger partial charge on any atom is 0.278 e. The molecular weight excluding hydrogens is 394 g/mol. The highest BCUT2D eigenvalue weighted by molar-refractivity contribution is 6.16. The summed E-state index contributed by atoms with van der Waals surface area (Å²) in [7, 11) is 1.60. The lowest BCUT2D eigenvalue weighted by atomic mass is 9.98. The van der Waals surface area contributed by atoms with Gasteiger partial charge in [0.05, 0.1) is 0 Å². The van der Waals surface area contributed by atoms with E-state index in [2.05, 4.69) is 5.32 Å². The fraction of sp³-hybridized carbons (Fsp3) is 0.375. The van der Waals surface area contributed by atoms with E-state index in [1.54, 1.807) is 54.4 Å². The van der Waals surface area contributed by atoms with E-state index in [0.29, 0.717) is 56.6 Å². The minimum absolute atomic E-state index is 0.129. The fourth-order valence-electron chi connectivity index (χ4n) is 3.74. The SMILES string of the molecule is CN1CCCN(CCCCNC(=O)c2ccccc2)C(=O)C1(O)C(=O)c1ccccc1. The van der Waals surface area contributed by atoms with E-state index >= 15 is 0 Å². The highest BCUT2D eigenvalue weighted by Crippen LogP contribution is 2.24. The van der Waals surface area contributed by atoms with E-state index in [4.69, 9.17) is 0 Å². The number of Topliss-reactive ketones (excluding diaryl/α,β-unsaturated/α-hetero) is 1. The number of carbonyl (C=O) groups is 3. The summed E-state index contributed by atoms with van der Waals surface area (Å²) in [5, 5.41) is 14.1. The van der Waals surface area contributed by atoms with Crippen LogP contribution in [-0.4, -0.2) is 71.5 Å². The lowest BCUT2D eigenvalue weighted by molar-refractivity contribution is -0.158. The third kappa shape index (κ3) is 5.18. The molecule has 31 heavy (non-hydrogen) atoms. The van der Waals surface area contributed by atoms with Crippen molar-refractivity contribution in [3.8, 4) is 0 Å². The zero-order valence-corrected chi connectivity index (χ0v) is 17.8. The average Bonchev–Trinajstić information content (AvgIpc) is 2.91. The van der Waals surface area contributed by atoms with Gasteiger partial charge in [-0.05, 0) is 38.4 Å². The molecule has 1 saturated heterocycles. The Balaban J connectivity index is 1.57. The van der Waals surface area contributed by atoms with Gasteiger partial charge in [0.1, 0.15) is 0 Å². The van der Waals surface area contributed by atoms with Crippen LogP contribution in [-0.2, 0) is 4.79 Å². The maximum atomic E-state index is 13.2. The molecule has 7 heteroatoms. The molecule has 7 nitrogen and oxygen atoms in total. The molecule has 1 atom stereocenters. The zero-order chi connectivity index (χ0) is 22.3. The lowest BCUT2D eigenvalue weighted by Crippen LogP contribution is -2.61. The molecule has 2 aromatic rings. The van der Waals surface area contributed by atoms with Crippen molar-refractivity contribution in [2.24, 2.45) is 0 Å². The smallest absolute Gasteiger partial charge is 0.278 e. The van der Waals surface area contributed by atoms with Crippen molar-refractivity contribution in [3.05, 3.63) is 71.8 Å². The molecule has 164 valence electrons. The summed E-state index contributed by atoms with van der Waals surface area (Å²) in [4.78, 5) is 41.3. The van der Waals surface area contributed by atoms with Crippen LogP contribution in [0.3, 0.4) is 0 Å². The standard InChI is InChI=1S/C24H29N3O4/c1-26-16-10-18-27(17-9-8-15-25-22(29)20-13-6-3-7-14-20)23(30)24(26,31)21(28)19-11-4-2-5-12-19/h2-7,11-14,31H,8-10,15-18H2,1H3,(H,25,29). The molecule has 1 fully saturated rings. The van der Waals surface area contributed by atoms with Crippen LogP contribution in [0.5, 0.6) is 0 Å². The highest BCUT2D eigenvalue weighted by Gasteiger charge is 2.51. The third-order valence-corrected chi connectivity index (χ3v) is 5.59. The van der Waals surface area contributed by atoms with E-state index in [9.17, 15) is 19.5 Å². The Kier molecular flexibility index (Phi) is 7.55. The second kappa shape index (κ2) is 10.3. The first-order valence-corrected chi connectivity index (χ1v) is 10.6. The molecule has 0 radical (unpaired) electrons. The minimum Gasteiger partial charge on any atom is -0.361 e. The van der Waals surface area contributed by atoms with E-state index in [-0.39, 0.29) is 5.91 Å². The highest BCUT2D eigenvalue weighted by atomic mass is 16.3. The van der Waals surface area contributed by atoms with Gasteiger partial charge in [0.2, 0.25) is 5.78 Å². The third-order valence-electron chi connectivity index (χ3n) is 5.59. The molecular formula is C24H29N3O4. The Bertz CT molecular complexity index is 904. The number of aliphatic hydroxyl groups is 1. The summed E-state index contributed by atoms with van der Waals surface area (Å²) in [5.41, 5.74) is -1.30. The summed E-state index contributed by atoms with van der Waals surface area (Å²) < 4.78 is 0. The average molecular weight is 424 g/mol. The molecule has 2 aromatic carbocycles. The number of likely N-dealkylation sites (N-methyl/N-ethyl adjacent to an activating group) is 1. The van der Waals surface area contributed by atoms with Crippen molar-refractivity contribution in [2.45, 2.75) is 25.0 Å². The number of nitrogens with one attached hydrogen (secondary N) is 1. The van der Waals surface area contributed by atoms with E-state index in [0.717, 1.165) is 0 Å². The van der Waals surface area contributed by atoms with Crippen LogP contribution in [0.2, 0.25) is 0 Å². The number of unbranched alkanes of at least 4 members (excludes halogenated alkanes) is 1. The van der Waals surface area contributed by atoms with Crippen LogP contribution >= 0.6 is 0 Å². The Labute approximate surface area is 182 Å². The number of carbonyl (C=O) groups excluding carboxylic acids is 3. The maximum absolute atomic E-state index is 13.2. The van der Waals surface area contributed by atoms with Gasteiger partial charge in [0, 0.05) is 37.3 Å². The van der Waals surface area contributed by atoms with E-state index in [1.807, 2.05) is 18.2 Å². The summed E-state index contributed by atoms with van der Waals surface area (Å²) in [6.45, 7) is 1.81. The van der Waals surface area contributed by atoms with Crippen molar-refractivity contribution in [3.63, 3.8) is 0 Å². The molecule has 1 aliphatic rings. The van der Waals surface area contributed by atoms with Crippen molar-refractivity contribution in [1.82, 2.24) is 15.1 Å². The number of hydrogen-bond donors (Lipinski definition) is 2. The number of hydrogen-bond acceptors (Lipinski definition) is 5. The lowest BCUT2D eigenvalue weighted by Gasteiger charge is -2.34. The van der Waals surface area contributed by atoms with Gasteiger partial charge in [-0.2, -0.15) is 0 Å². The van der Waals surface area contributed by atoms with Crippen LogP contribution < -0.4 is 5.32 Å². The Morgan fingerprint density at radius 3 is 2.23 bits per heavy atom. The van der Waals surface area contributed by atoms with Crippen LogP contribution in [0.25, 0.3) is 0 Å². The number of amides is 2. The van der Waals surface area contributed by atoms with Gasteiger partial charge in [-0.1, -0.05) is 48.5 Å². The molecule has 0 spiro atoms. The van der Waals surface area contributed by atoms with Crippen molar-refractivity contribution in [2.75, 3.05) is 33.2 Å². The van der Waals surface area contributed by atoms with Gasteiger partial charge in [-0.3, -0.25) is 19.3 Å². The molecule has 1 unspecified atom stereocenters. The second-order valence-electron chi connectivity index (χ2n) is 7.76. The first-order chi connectivity index (χ1) is 14.9. The Morgan fingerprint density at radius 2 is 1.58 bits per heavy atom. The van der Waals surface area contributed by atoms with Crippen molar-refractivity contribution in [1.29, 1.82) is 0 Å². The molecule has 0 bridgehead atoms. The molecule has 3 rings (SSSR count). The quantitative estimate of drug-likeness (QED) is 0.385. The Hall–Kier alpha value is -3.03. The summed E-state index contributed by atoms with van der Waals surface area (Å²) in [6.07, 6.45) is 2.00. The monoisotopic (exact) mass is 423 g/mol. The first kappa shape index (κ1) is 22.7. The number of ketones is 1. The molecule has 1 aliphatic heterocycles. The van der Waals surface area contributed by atoms with Gasteiger partial charge in [-0.25, -0.2) is 0 Å². The zero-order valence-electron chi connectivity index (χ0n) is 17.8. The van der Waals surface area contributed by atoms with Crippen molar-refractivity contribution >= 4 is 17.6 Å². The van der Waals surface area contributed by atoms with Crippen LogP contribution in [0.15, 0.2) is 60.7 Å². The predicted molar refractivity (Wildman–Crippen MR) is 118 cm³/mol. The first-order valence-electron chi connectivity index (χ1n) is 10.6. The van der Waals surface area contributed by atoms with E-state index in [1.165, 1.54) is 4.90 Å². The fourth-order valence-corrected chi connectivity index (χ4v) is 3.74. The second-order valence-corrected chi connectivity index (χ2v) is 7.76. The van der Waals surface area contributed by atoms with Gasteiger partial charge in [-0.15, -0.1) is 0 Å². The Morgan fingerprint density at radius 1 is 0.968 bits per heavy atom. The van der Waals surface area contributed by atoms with Crippen LogP contribution in [0.1, 0.15) is 40.0 Å². The molecule has 2 amide bonds. The topological polar surface area (TPSA) is 89.9 Å². The summed E-state index contributed by atoms with van der Waals surface area (Å²) in [6, 6.07) is 17.4. The van der Waals surface area contributed by atoms with Gasteiger partial charge in [0.15, 0.2) is 0 Å². The van der Waals surface area contributed by atoms with Crippen LogP contribution in [0.4, 0.5) is 0 Å². The largest absolute Gasteiger partial charge is 0.361 e. The van der Waals surface area contributed by atoms with Gasteiger partial charge < -0.3 is 15.3 Å². The number of rotatable bonds is 8. The number of nitrogens with zero attached hydrogens (tertiary/aromatic N) is 2.